The third-order valence-corrected chi connectivity index (χ3v) is 3.25. The van der Waals surface area contributed by atoms with E-state index in [-0.39, 0.29) is 6.04 Å². The van der Waals surface area contributed by atoms with Crippen LogP contribution in [0.2, 0.25) is 0 Å². The average molecular weight is 270 g/mol. The summed E-state index contributed by atoms with van der Waals surface area (Å²) in [7, 11) is 1.72. The molecule has 1 rings (SSSR count). The Morgan fingerprint density at radius 1 is 1.37 bits per heavy atom. The molecule has 1 fully saturated rings. The van der Waals surface area contributed by atoms with Crippen molar-refractivity contribution in [2.75, 3.05) is 46.4 Å². The molecule has 0 spiro atoms. The number of ether oxygens (including phenoxy) is 1. The van der Waals surface area contributed by atoms with E-state index < -0.39 is 0 Å². The summed E-state index contributed by atoms with van der Waals surface area (Å²) in [6.07, 6.45) is 3.86. The number of methoxy groups -OCH3 is 1. The summed E-state index contributed by atoms with van der Waals surface area (Å²) < 4.78 is 5.12. The Morgan fingerprint density at radius 3 is 2.74 bits per heavy atom. The molecule has 0 saturated carbocycles. The molecule has 0 amide bonds. The second-order valence-electron chi connectivity index (χ2n) is 5.16. The van der Waals surface area contributed by atoms with Crippen molar-refractivity contribution < 1.29 is 4.74 Å². The van der Waals surface area contributed by atoms with E-state index in [9.17, 15) is 0 Å². The maximum Gasteiger partial charge on any atom is 0.191 e. The van der Waals surface area contributed by atoms with Crippen molar-refractivity contribution in [2.24, 2.45) is 4.99 Å². The lowest BCUT2D eigenvalue weighted by Gasteiger charge is -2.17. The van der Waals surface area contributed by atoms with Gasteiger partial charge in [0.25, 0.3) is 0 Å². The Kier molecular flexibility index (Phi) is 8.58. The molecule has 1 aliphatic heterocycles. The Balaban J connectivity index is 2.22. The molecule has 1 aliphatic rings. The standard InChI is InChI=1S/C14H30N4O/c1-4-15-14(17-13(2)12-19-3)16-8-7-11-18-9-5-6-10-18/h13H,4-12H2,1-3H3,(H2,15,16,17). The molecule has 5 nitrogen and oxygen atoms in total. The SMILES string of the molecule is CCNC(=NCCCN1CCCC1)NC(C)COC. The van der Waals surface area contributed by atoms with Crippen molar-refractivity contribution in [1.82, 2.24) is 15.5 Å². The molecule has 0 radical (unpaired) electrons. The third kappa shape index (κ3) is 7.38. The third-order valence-electron chi connectivity index (χ3n) is 3.25. The lowest BCUT2D eigenvalue weighted by molar-refractivity contribution is 0.179. The van der Waals surface area contributed by atoms with Crippen LogP contribution in [0.4, 0.5) is 0 Å². The van der Waals surface area contributed by atoms with Gasteiger partial charge in [-0.2, -0.15) is 0 Å². The van der Waals surface area contributed by atoms with Crippen LogP contribution in [0.15, 0.2) is 4.99 Å². The number of nitrogens with one attached hydrogen (secondary N) is 2. The molecule has 0 aromatic rings. The number of nitrogens with zero attached hydrogens (tertiary/aromatic N) is 2. The quantitative estimate of drug-likeness (QED) is 0.393. The van der Waals surface area contributed by atoms with Crippen LogP contribution in [-0.2, 0) is 4.74 Å². The summed E-state index contributed by atoms with van der Waals surface area (Å²) >= 11 is 0. The highest BCUT2D eigenvalue weighted by Crippen LogP contribution is 2.07. The van der Waals surface area contributed by atoms with E-state index in [1.807, 2.05) is 0 Å². The summed E-state index contributed by atoms with van der Waals surface area (Å²) in [5, 5.41) is 6.62. The first kappa shape index (κ1) is 16.2. The number of guanidine groups is 1. The molecule has 1 atom stereocenters. The molecule has 19 heavy (non-hydrogen) atoms. The van der Waals surface area contributed by atoms with E-state index in [1.165, 1.54) is 32.5 Å². The Morgan fingerprint density at radius 2 is 2.11 bits per heavy atom. The molecule has 1 heterocycles. The highest BCUT2D eigenvalue weighted by molar-refractivity contribution is 5.80. The average Bonchev–Trinajstić information content (AvgIpc) is 2.88. The van der Waals surface area contributed by atoms with Gasteiger partial charge in [0.1, 0.15) is 0 Å². The number of hydrogen-bond acceptors (Lipinski definition) is 3. The Hall–Kier alpha value is -0.810. The molecule has 112 valence electrons. The summed E-state index contributed by atoms with van der Waals surface area (Å²) in [6.45, 7) is 10.4. The van der Waals surface area contributed by atoms with Crippen LogP contribution in [0.25, 0.3) is 0 Å². The van der Waals surface area contributed by atoms with Crippen LogP contribution in [0.1, 0.15) is 33.1 Å². The van der Waals surface area contributed by atoms with Crippen molar-refractivity contribution >= 4 is 5.96 Å². The van der Waals surface area contributed by atoms with E-state index >= 15 is 0 Å². The van der Waals surface area contributed by atoms with Crippen molar-refractivity contribution in [2.45, 2.75) is 39.2 Å². The van der Waals surface area contributed by atoms with E-state index in [4.69, 9.17) is 4.74 Å². The van der Waals surface area contributed by atoms with Crippen LogP contribution in [0.5, 0.6) is 0 Å². The number of rotatable bonds is 8. The normalized spacial score (nSPS) is 18.6. The zero-order chi connectivity index (χ0) is 13.9. The molecule has 0 aromatic heterocycles. The largest absolute Gasteiger partial charge is 0.383 e. The lowest BCUT2D eigenvalue weighted by atomic mass is 10.3. The van der Waals surface area contributed by atoms with Gasteiger partial charge in [-0.05, 0) is 52.7 Å². The van der Waals surface area contributed by atoms with Gasteiger partial charge >= 0.3 is 0 Å². The molecule has 0 bridgehead atoms. The lowest BCUT2D eigenvalue weighted by Crippen LogP contribution is -2.44. The van der Waals surface area contributed by atoms with Crippen molar-refractivity contribution in [3.63, 3.8) is 0 Å². The summed E-state index contributed by atoms with van der Waals surface area (Å²) in [6, 6.07) is 0.279. The topological polar surface area (TPSA) is 48.9 Å². The molecular weight excluding hydrogens is 240 g/mol. The summed E-state index contributed by atoms with van der Waals surface area (Å²) in [5.74, 6) is 0.897. The van der Waals surface area contributed by atoms with Gasteiger partial charge in [0, 0.05) is 26.2 Å². The van der Waals surface area contributed by atoms with Crippen molar-refractivity contribution in [1.29, 1.82) is 0 Å². The summed E-state index contributed by atoms with van der Waals surface area (Å²) in [4.78, 5) is 7.14. The first-order valence-corrected chi connectivity index (χ1v) is 7.52. The fraction of sp³-hybridized carbons (Fsp3) is 0.929. The van der Waals surface area contributed by atoms with Gasteiger partial charge in [-0.3, -0.25) is 4.99 Å². The smallest absolute Gasteiger partial charge is 0.191 e. The minimum Gasteiger partial charge on any atom is -0.383 e. The Labute approximate surface area is 117 Å². The van der Waals surface area contributed by atoms with Gasteiger partial charge in [0.05, 0.1) is 6.61 Å². The van der Waals surface area contributed by atoms with Gasteiger partial charge in [0.2, 0.25) is 0 Å². The highest BCUT2D eigenvalue weighted by atomic mass is 16.5. The predicted molar refractivity (Wildman–Crippen MR) is 80.7 cm³/mol. The zero-order valence-electron chi connectivity index (χ0n) is 12.7. The van der Waals surface area contributed by atoms with Crippen LogP contribution >= 0.6 is 0 Å². The van der Waals surface area contributed by atoms with Gasteiger partial charge in [-0.25, -0.2) is 0 Å². The highest BCUT2D eigenvalue weighted by Gasteiger charge is 2.10. The van der Waals surface area contributed by atoms with Gasteiger partial charge in [-0.1, -0.05) is 0 Å². The second-order valence-corrected chi connectivity index (χ2v) is 5.16. The van der Waals surface area contributed by atoms with E-state index in [1.54, 1.807) is 7.11 Å². The van der Waals surface area contributed by atoms with Crippen molar-refractivity contribution in [3.8, 4) is 0 Å². The van der Waals surface area contributed by atoms with Gasteiger partial charge in [-0.15, -0.1) is 0 Å². The minimum absolute atomic E-state index is 0.279. The monoisotopic (exact) mass is 270 g/mol. The first-order valence-electron chi connectivity index (χ1n) is 7.52. The Bertz CT molecular complexity index is 252. The fourth-order valence-electron chi connectivity index (χ4n) is 2.34. The fourth-order valence-corrected chi connectivity index (χ4v) is 2.34. The molecule has 1 saturated heterocycles. The molecule has 0 aromatic carbocycles. The molecule has 5 heteroatoms. The maximum absolute atomic E-state index is 5.12. The van der Waals surface area contributed by atoms with Crippen LogP contribution in [-0.4, -0.2) is 63.3 Å². The summed E-state index contributed by atoms with van der Waals surface area (Å²) in [5.41, 5.74) is 0. The first-order chi connectivity index (χ1) is 9.26. The van der Waals surface area contributed by atoms with Crippen LogP contribution in [0.3, 0.4) is 0 Å². The number of likely N-dealkylation sites (tertiary alicyclic amines) is 1. The number of hydrogen-bond donors (Lipinski definition) is 2. The van der Waals surface area contributed by atoms with E-state index in [2.05, 4.69) is 34.4 Å². The number of aliphatic imine (C=N–C) groups is 1. The molecule has 0 aliphatic carbocycles. The van der Waals surface area contributed by atoms with Gasteiger partial charge in [0.15, 0.2) is 5.96 Å². The molecule has 2 N–H and O–H groups in total. The predicted octanol–water partition coefficient (Wildman–Crippen LogP) is 1.06. The zero-order valence-corrected chi connectivity index (χ0v) is 12.7. The second kappa shape index (κ2) is 10.0. The molecular formula is C14H30N4O. The van der Waals surface area contributed by atoms with Crippen LogP contribution < -0.4 is 10.6 Å². The molecule has 1 unspecified atom stereocenters. The van der Waals surface area contributed by atoms with Crippen LogP contribution in [0, 0.1) is 0 Å². The van der Waals surface area contributed by atoms with Gasteiger partial charge < -0.3 is 20.3 Å². The maximum atomic E-state index is 5.12. The van der Waals surface area contributed by atoms with E-state index in [0.29, 0.717) is 6.61 Å². The van der Waals surface area contributed by atoms with Crippen molar-refractivity contribution in [3.05, 3.63) is 0 Å². The van der Waals surface area contributed by atoms with E-state index in [0.717, 1.165) is 25.5 Å². The minimum atomic E-state index is 0.279.